The Balaban J connectivity index is 1.76. The van der Waals surface area contributed by atoms with E-state index >= 15 is 0 Å². The Labute approximate surface area is 130 Å². The molecule has 120 valence electrons. The summed E-state index contributed by atoms with van der Waals surface area (Å²) in [6.07, 6.45) is 7.78. The van der Waals surface area contributed by atoms with Gasteiger partial charge >= 0.3 is 0 Å². The van der Waals surface area contributed by atoms with Gasteiger partial charge in [-0.3, -0.25) is 9.78 Å². The van der Waals surface area contributed by atoms with Crippen LogP contribution in [0, 0.1) is 5.41 Å². The van der Waals surface area contributed by atoms with Gasteiger partial charge in [0.05, 0.1) is 18.9 Å². The summed E-state index contributed by atoms with van der Waals surface area (Å²) in [6, 6.07) is 0. The predicted molar refractivity (Wildman–Crippen MR) is 80.5 cm³/mol. The molecule has 2 aliphatic heterocycles. The van der Waals surface area contributed by atoms with E-state index in [4.69, 9.17) is 9.47 Å². The Hall–Kier alpha value is -1.53. The van der Waals surface area contributed by atoms with Crippen molar-refractivity contribution in [3.8, 4) is 0 Å². The lowest BCUT2D eigenvalue weighted by atomic mass is 9.73. The fourth-order valence-electron chi connectivity index (χ4n) is 3.55. The van der Waals surface area contributed by atoms with Gasteiger partial charge < -0.3 is 14.4 Å². The maximum atomic E-state index is 12.6. The molecule has 0 N–H and O–H groups in total. The molecule has 22 heavy (non-hydrogen) atoms. The Kier molecular flexibility index (Phi) is 4.69. The minimum Gasteiger partial charge on any atom is -0.381 e. The van der Waals surface area contributed by atoms with Gasteiger partial charge in [0.15, 0.2) is 0 Å². The highest BCUT2D eigenvalue weighted by Crippen LogP contribution is 2.40. The van der Waals surface area contributed by atoms with Gasteiger partial charge in [0.25, 0.3) is 5.91 Å². The molecule has 1 amide bonds. The summed E-state index contributed by atoms with van der Waals surface area (Å²) < 4.78 is 11.7. The zero-order valence-electron chi connectivity index (χ0n) is 13.0. The van der Waals surface area contributed by atoms with E-state index in [0.717, 1.165) is 25.9 Å². The second-order valence-electron chi connectivity index (χ2n) is 6.07. The number of hydrogen-bond acceptors (Lipinski definition) is 5. The molecule has 6 heteroatoms. The molecular formula is C16H23N3O3. The average Bonchev–Trinajstić information content (AvgIpc) is 2.59. The van der Waals surface area contributed by atoms with Gasteiger partial charge in [-0.2, -0.15) is 0 Å². The Morgan fingerprint density at radius 1 is 1.55 bits per heavy atom. The maximum Gasteiger partial charge on any atom is 0.274 e. The summed E-state index contributed by atoms with van der Waals surface area (Å²) in [5.41, 5.74) is 0.328. The molecule has 2 saturated heterocycles. The van der Waals surface area contributed by atoms with Gasteiger partial charge in [0.1, 0.15) is 5.69 Å². The average molecular weight is 305 g/mol. The molecule has 0 unspecified atom stereocenters. The number of carbonyl (C=O) groups excluding carboxylic acids is 1. The van der Waals surface area contributed by atoms with Crippen LogP contribution in [-0.2, 0) is 9.47 Å². The number of piperidine rings is 1. The summed E-state index contributed by atoms with van der Waals surface area (Å²) in [6.45, 7) is 5.53. The highest BCUT2D eigenvalue weighted by molar-refractivity contribution is 5.92. The summed E-state index contributed by atoms with van der Waals surface area (Å²) in [5.74, 6) is -0.0482. The lowest BCUT2D eigenvalue weighted by Crippen LogP contribution is -2.58. The summed E-state index contributed by atoms with van der Waals surface area (Å²) in [5, 5.41) is 0. The van der Waals surface area contributed by atoms with E-state index < -0.39 is 0 Å². The highest BCUT2D eigenvalue weighted by Gasteiger charge is 2.47. The number of ether oxygens (including phenoxy) is 2. The van der Waals surface area contributed by atoms with E-state index in [2.05, 4.69) is 9.97 Å². The van der Waals surface area contributed by atoms with Crippen molar-refractivity contribution in [2.45, 2.75) is 32.3 Å². The van der Waals surface area contributed by atoms with E-state index in [1.54, 1.807) is 12.4 Å². The second-order valence-corrected chi connectivity index (χ2v) is 6.07. The highest BCUT2D eigenvalue weighted by atomic mass is 16.5. The summed E-state index contributed by atoms with van der Waals surface area (Å²) in [4.78, 5) is 22.6. The van der Waals surface area contributed by atoms with E-state index in [9.17, 15) is 4.79 Å². The molecular weight excluding hydrogens is 282 g/mol. The molecule has 0 bridgehead atoms. The molecule has 3 heterocycles. The third kappa shape index (κ3) is 2.98. The topological polar surface area (TPSA) is 64.6 Å². The second kappa shape index (κ2) is 6.71. The predicted octanol–water partition coefficient (Wildman–Crippen LogP) is 1.52. The monoisotopic (exact) mass is 305 g/mol. The first kappa shape index (κ1) is 15.4. The Morgan fingerprint density at radius 2 is 2.45 bits per heavy atom. The third-order valence-corrected chi connectivity index (χ3v) is 4.65. The zero-order chi connectivity index (χ0) is 15.4. The molecule has 0 aliphatic carbocycles. The zero-order valence-corrected chi connectivity index (χ0v) is 13.0. The van der Waals surface area contributed by atoms with E-state index in [0.29, 0.717) is 32.0 Å². The lowest BCUT2D eigenvalue weighted by Gasteiger charge is -2.50. The number of likely N-dealkylation sites (tertiary alicyclic amines) is 1. The first-order valence-electron chi connectivity index (χ1n) is 8.00. The fraction of sp³-hybridized carbons (Fsp3) is 0.688. The Bertz CT molecular complexity index is 511. The van der Waals surface area contributed by atoms with E-state index in [-0.39, 0.29) is 17.4 Å². The molecule has 2 atom stereocenters. The smallest absolute Gasteiger partial charge is 0.274 e. The summed E-state index contributed by atoms with van der Waals surface area (Å²) >= 11 is 0. The van der Waals surface area contributed by atoms with E-state index in [1.807, 2.05) is 11.8 Å². The van der Waals surface area contributed by atoms with Crippen molar-refractivity contribution in [1.82, 2.24) is 14.9 Å². The lowest BCUT2D eigenvalue weighted by molar-refractivity contribution is -0.146. The van der Waals surface area contributed by atoms with Crippen LogP contribution in [0.2, 0.25) is 0 Å². The molecule has 3 rings (SSSR count). The summed E-state index contributed by atoms with van der Waals surface area (Å²) in [7, 11) is 0. The number of aromatic nitrogens is 2. The molecule has 2 aliphatic rings. The SMILES string of the molecule is CCOC[C@@]12CCCO[C@@H]1CCN(C(=O)c1cnccn1)C2. The van der Waals surface area contributed by atoms with Crippen molar-refractivity contribution in [3.05, 3.63) is 24.3 Å². The first-order valence-corrected chi connectivity index (χ1v) is 8.00. The van der Waals surface area contributed by atoms with Crippen LogP contribution in [0.1, 0.15) is 36.7 Å². The minimum atomic E-state index is -0.0790. The van der Waals surface area contributed by atoms with Gasteiger partial charge in [-0.25, -0.2) is 4.98 Å². The van der Waals surface area contributed by atoms with Gasteiger partial charge in [-0.15, -0.1) is 0 Å². The van der Waals surface area contributed by atoms with Gasteiger partial charge in [-0.05, 0) is 26.2 Å². The van der Waals surface area contributed by atoms with Crippen LogP contribution >= 0.6 is 0 Å². The Morgan fingerprint density at radius 3 is 3.23 bits per heavy atom. The van der Waals surface area contributed by atoms with Crippen LogP contribution in [0.4, 0.5) is 0 Å². The van der Waals surface area contributed by atoms with Crippen molar-refractivity contribution in [2.24, 2.45) is 5.41 Å². The van der Waals surface area contributed by atoms with Crippen LogP contribution in [-0.4, -0.2) is 59.8 Å². The van der Waals surface area contributed by atoms with Crippen LogP contribution in [0.25, 0.3) is 0 Å². The number of amides is 1. The molecule has 0 radical (unpaired) electrons. The van der Waals surface area contributed by atoms with Crippen molar-refractivity contribution >= 4 is 5.91 Å². The van der Waals surface area contributed by atoms with Crippen LogP contribution in [0.15, 0.2) is 18.6 Å². The molecule has 1 aromatic heterocycles. The van der Waals surface area contributed by atoms with E-state index in [1.165, 1.54) is 6.20 Å². The molecule has 0 saturated carbocycles. The molecule has 1 aromatic rings. The number of carbonyl (C=O) groups is 1. The standard InChI is InChI=1S/C16H23N3O3/c1-2-21-12-16-5-3-9-22-14(16)4-8-19(11-16)15(20)13-10-17-6-7-18-13/h6-7,10,14H,2-5,8-9,11-12H2,1H3/t14-,16+/m1/s1. The number of nitrogens with zero attached hydrogens (tertiary/aromatic N) is 3. The van der Waals surface area contributed by atoms with Crippen molar-refractivity contribution in [2.75, 3.05) is 32.9 Å². The van der Waals surface area contributed by atoms with Crippen LogP contribution < -0.4 is 0 Å². The maximum absolute atomic E-state index is 12.6. The molecule has 0 aromatic carbocycles. The number of rotatable bonds is 4. The van der Waals surface area contributed by atoms with Crippen LogP contribution in [0.3, 0.4) is 0 Å². The number of hydrogen-bond donors (Lipinski definition) is 0. The normalized spacial score (nSPS) is 28.2. The fourth-order valence-corrected chi connectivity index (χ4v) is 3.55. The molecule has 6 nitrogen and oxygen atoms in total. The minimum absolute atomic E-state index is 0.0482. The largest absolute Gasteiger partial charge is 0.381 e. The van der Waals surface area contributed by atoms with Crippen LogP contribution in [0.5, 0.6) is 0 Å². The van der Waals surface area contributed by atoms with Crippen molar-refractivity contribution in [1.29, 1.82) is 0 Å². The third-order valence-electron chi connectivity index (χ3n) is 4.65. The van der Waals surface area contributed by atoms with Gasteiger partial charge in [0.2, 0.25) is 0 Å². The first-order chi connectivity index (χ1) is 10.7. The molecule has 0 spiro atoms. The van der Waals surface area contributed by atoms with Crippen molar-refractivity contribution in [3.63, 3.8) is 0 Å². The van der Waals surface area contributed by atoms with Gasteiger partial charge in [-0.1, -0.05) is 0 Å². The van der Waals surface area contributed by atoms with Crippen molar-refractivity contribution < 1.29 is 14.3 Å². The number of fused-ring (bicyclic) bond motifs is 1. The molecule has 2 fully saturated rings. The quantitative estimate of drug-likeness (QED) is 0.844. The van der Waals surface area contributed by atoms with Gasteiger partial charge in [0, 0.05) is 44.1 Å².